The van der Waals surface area contributed by atoms with Gasteiger partial charge in [0.25, 0.3) is 0 Å². The molecule has 19 heavy (non-hydrogen) atoms. The fourth-order valence-electron chi connectivity index (χ4n) is 1.80. The summed E-state index contributed by atoms with van der Waals surface area (Å²) in [5, 5.41) is 10.6. The first kappa shape index (κ1) is 13.1. The molecule has 0 atom stereocenters. The number of hydrogen-bond acceptors (Lipinski definition) is 4. The van der Waals surface area contributed by atoms with Gasteiger partial charge in [-0.3, -0.25) is 4.79 Å². The molecule has 0 bridgehead atoms. The highest BCUT2D eigenvalue weighted by molar-refractivity contribution is 5.78. The summed E-state index contributed by atoms with van der Waals surface area (Å²) in [6.45, 7) is 0.549. The summed E-state index contributed by atoms with van der Waals surface area (Å²) in [5.41, 5.74) is 7.25. The van der Waals surface area contributed by atoms with Crippen LogP contribution in [0.15, 0.2) is 30.6 Å². The van der Waals surface area contributed by atoms with Crippen molar-refractivity contribution in [2.75, 3.05) is 12.3 Å². The first-order chi connectivity index (χ1) is 9.15. The number of aromatic nitrogens is 3. The lowest BCUT2D eigenvalue weighted by atomic mass is 10.1. The fraction of sp³-hybridized carbons (Fsp3) is 0.308. The van der Waals surface area contributed by atoms with Crippen molar-refractivity contribution in [3.05, 3.63) is 42.0 Å². The Morgan fingerprint density at radius 3 is 3.00 bits per heavy atom. The quantitative estimate of drug-likeness (QED) is 0.756. The Labute approximate surface area is 111 Å². The van der Waals surface area contributed by atoms with E-state index in [0.29, 0.717) is 25.1 Å². The SMILES string of the molecule is Cn1cnnc1CCNC(=O)Cc1cccc(N)c1. The van der Waals surface area contributed by atoms with Crippen LogP contribution in [0.2, 0.25) is 0 Å². The number of hydrogen-bond donors (Lipinski definition) is 2. The fourth-order valence-corrected chi connectivity index (χ4v) is 1.80. The van der Waals surface area contributed by atoms with Crippen LogP contribution in [0.25, 0.3) is 0 Å². The average Bonchev–Trinajstić information content (AvgIpc) is 2.75. The van der Waals surface area contributed by atoms with Crippen LogP contribution < -0.4 is 11.1 Å². The molecule has 0 aliphatic heterocycles. The summed E-state index contributed by atoms with van der Waals surface area (Å²) in [5.74, 6) is 0.831. The lowest BCUT2D eigenvalue weighted by Gasteiger charge is -2.05. The number of rotatable bonds is 5. The number of carbonyl (C=O) groups excluding carboxylic acids is 1. The van der Waals surface area contributed by atoms with Crippen LogP contribution in [0.5, 0.6) is 0 Å². The van der Waals surface area contributed by atoms with Gasteiger partial charge in [-0.1, -0.05) is 12.1 Å². The van der Waals surface area contributed by atoms with Crippen LogP contribution in [0.4, 0.5) is 5.69 Å². The highest BCUT2D eigenvalue weighted by Crippen LogP contribution is 2.06. The molecule has 1 aromatic heterocycles. The van der Waals surface area contributed by atoms with Crippen molar-refractivity contribution in [1.82, 2.24) is 20.1 Å². The molecule has 6 heteroatoms. The molecule has 0 saturated carbocycles. The Hall–Kier alpha value is -2.37. The van der Waals surface area contributed by atoms with Gasteiger partial charge in [0, 0.05) is 25.7 Å². The van der Waals surface area contributed by atoms with E-state index in [1.165, 1.54) is 0 Å². The Balaban J connectivity index is 1.77. The van der Waals surface area contributed by atoms with Crippen LogP contribution >= 0.6 is 0 Å². The van der Waals surface area contributed by atoms with Gasteiger partial charge in [0.1, 0.15) is 12.2 Å². The molecular formula is C13H17N5O. The van der Waals surface area contributed by atoms with Crippen molar-refractivity contribution in [2.45, 2.75) is 12.8 Å². The van der Waals surface area contributed by atoms with Crippen molar-refractivity contribution >= 4 is 11.6 Å². The molecule has 2 aromatic rings. The lowest BCUT2D eigenvalue weighted by Crippen LogP contribution is -2.27. The zero-order chi connectivity index (χ0) is 13.7. The average molecular weight is 259 g/mol. The zero-order valence-corrected chi connectivity index (χ0v) is 10.8. The minimum Gasteiger partial charge on any atom is -0.399 e. The summed E-state index contributed by atoms with van der Waals surface area (Å²) in [6.07, 6.45) is 2.65. The first-order valence-corrected chi connectivity index (χ1v) is 6.09. The van der Waals surface area contributed by atoms with Crippen LogP contribution in [-0.2, 0) is 24.7 Å². The molecular weight excluding hydrogens is 242 g/mol. The van der Waals surface area contributed by atoms with Crippen molar-refractivity contribution < 1.29 is 4.79 Å². The van der Waals surface area contributed by atoms with Crippen LogP contribution in [0, 0.1) is 0 Å². The van der Waals surface area contributed by atoms with Gasteiger partial charge in [0.2, 0.25) is 5.91 Å². The van der Waals surface area contributed by atoms with E-state index >= 15 is 0 Å². The molecule has 1 amide bonds. The maximum absolute atomic E-state index is 11.7. The third kappa shape index (κ3) is 3.80. The van der Waals surface area contributed by atoms with Gasteiger partial charge in [-0.15, -0.1) is 10.2 Å². The van der Waals surface area contributed by atoms with E-state index in [0.717, 1.165) is 11.4 Å². The minimum atomic E-state index is -0.0206. The van der Waals surface area contributed by atoms with Gasteiger partial charge in [0.05, 0.1) is 6.42 Å². The molecule has 3 N–H and O–H groups in total. The van der Waals surface area contributed by atoms with Crippen molar-refractivity contribution in [2.24, 2.45) is 7.05 Å². The number of nitrogens with zero attached hydrogens (tertiary/aromatic N) is 3. The highest BCUT2D eigenvalue weighted by Gasteiger charge is 2.05. The molecule has 0 radical (unpaired) electrons. The van der Waals surface area contributed by atoms with Gasteiger partial charge in [-0.2, -0.15) is 0 Å². The Kier molecular flexibility index (Phi) is 4.12. The third-order valence-electron chi connectivity index (χ3n) is 2.79. The molecule has 0 aliphatic rings. The van der Waals surface area contributed by atoms with Crippen molar-refractivity contribution in [1.29, 1.82) is 0 Å². The van der Waals surface area contributed by atoms with Gasteiger partial charge >= 0.3 is 0 Å². The summed E-state index contributed by atoms with van der Waals surface area (Å²) in [7, 11) is 1.88. The second-order valence-electron chi connectivity index (χ2n) is 4.38. The Morgan fingerprint density at radius 1 is 1.47 bits per heavy atom. The summed E-state index contributed by atoms with van der Waals surface area (Å²) in [4.78, 5) is 11.7. The molecule has 0 fully saturated rings. The smallest absolute Gasteiger partial charge is 0.224 e. The van der Waals surface area contributed by atoms with E-state index < -0.39 is 0 Å². The molecule has 1 heterocycles. The largest absolute Gasteiger partial charge is 0.399 e. The lowest BCUT2D eigenvalue weighted by molar-refractivity contribution is -0.120. The van der Waals surface area contributed by atoms with Gasteiger partial charge in [-0.05, 0) is 17.7 Å². The van der Waals surface area contributed by atoms with E-state index in [2.05, 4.69) is 15.5 Å². The van der Waals surface area contributed by atoms with Crippen molar-refractivity contribution in [3.63, 3.8) is 0 Å². The molecule has 0 saturated heterocycles. The zero-order valence-electron chi connectivity index (χ0n) is 10.8. The van der Waals surface area contributed by atoms with Gasteiger partial charge in [0.15, 0.2) is 0 Å². The van der Waals surface area contributed by atoms with E-state index in [1.807, 2.05) is 29.8 Å². The van der Waals surface area contributed by atoms with Gasteiger partial charge in [-0.25, -0.2) is 0 Å². The first-order valence-electron chi connectivity index (χ1n) is 6.09. The Morgan fingerprint density at radius 2 is 2.32 bits per heavy atom. The number of aryl methyl sites for hydroxylation is 1. The number of anilines is 1. The standard InChI is InChI=1S/C13H17N5O/c1-18-9-16-17-12(18)5-6-15-13(19)8-10-3-2-4-11(14)7-10/h2-4,7,9H,5-6,8,14H2,1H3,(H,15,19). The summed E-state index contributed by atoms with van der Waals surface area (Å²) >= 11 is 0. The normalized spacial score (nSPS) is 10.4. The van der Waals surface area contributed by atoms with Crippen LogP contribution in [0.1, 0.15) is 11.4 Å². The predicted molar refractivity (Wildman–Crippen MR) is 72.3 cm³/mol. The van der Waals surface area contributed by atoms with Gasteiger partial charge < -0.3 is 15.6 Å². The molecule has 100 valence electrons. The maximum atomic E-state index is 11.7. The number of nitrogens with one attached hydrogen (secondary N) is 1. The van der Waals surface area contributed by atoms with E-state index in [4.69, 9.17) is 5.73 Å². The third-order valence-corrected chi connectivity index (χ3v) is 2.79. The van der Waals surface area contributed by atoms with Crippen LogP contribution in [-0.4, -0.2) is 27.2 Å². The second kappa shape index (κ2) is 5.99. The number of nitrogen functional groups attached to an aromatic ring is 1. The molecule has 2 rings (SSSR count). The molecule has 6 nitrogen and oxygen atoms in total. The monoisotopic (exact) mass is 259 g/mol. The molecule has 0 spiro atoms. The molecule has 0 unspecified atom stereocenters. The number of nitrogens with two attached hydrogens (primary N) is 1. The van der Waals surface area contributed by atoms with E-state index in [-0.39, 0.29) is 5.91 Å². The Bertz CT molecular complexity index is 564. The summed E-state index contributed by atoms with van der Waals surface area (Å²) < 4.78 is 1.84. The number of benzene rings is 1. The van der Waals surface area contributed by atoms with Crippen LogP contribution in [0.3, 0.4) is 0 Å². The maximum Gasteiger partial charge on any atom is 0.224 e. The van der Waals surface area contributed by atoms with E-state index in [9.17, 15) is 4.79 Å². The predicted octanol–water partition coefficient (Wildman–Crippen LogP) is 0.299. The van der Waals surface area contributed by atoms with E-state index in [1.54, 1.807) is 12.4 Å². The number of amides is 1. The van der Waals surface area contributed by atoms with Crippen molar-refractivity contribution in [3.8, 4) is 0 Å². The molecule has 1 aromatic carbocycles. The summed E-state index contributed by atoms with van der Waals surface area (Å²) in [6, 6.07) is 7.34. The second-order valence-corrected chi connectivity index (χ2v) is 4.38. The number of carbonyl (C=O) groups is 1. The highest BCUT2D eigenvalue weighted by atomic mass is 16.1. The topological polar surface area (TPSA) is 85.8 Å². The minimum absolute atomic E-state index is 0.0206. The molecule has 0 aliphatic carbocycles.